The molecule has 8 nitrogen and oxygen atoms in total. The topological polar surface area (TPSA) is 116 Å². The molecule has 10 heteroatoms. The van der Waals surface area contributed by atoms with Gasteiger partial charge in [0.05, 0.1) is 24.1 Å². The van der Waals surface area contributed by atoms with E-state index in [-0.39, 0.29) is 11.7 Å². The summed E-state index contributed by atoms with van der Waals surface area (Å²) in [5.74, 6) is 1.70. The van der Waals surface area contributed by atoms with Crippen LogP contribution >= 0.6 is 23.1 Å². The van der Waals surface area contributed by atoms with Crippen molar-refractivity contribution >= 4 is 39.9 Å². The number of nitrogens with one attached hydrogen (secondary N) is 1. The van der Waals surface area contributed by atoms with E-state index in [1.807, 2.05) is 16.7 Å². The fourth-order valence-corrected chi connectivity index (χ4v) is 6.02. The number of hydrogen-bond donors (Lipinski definition) is 2. The van der Waals surface area contributed by atoms with Crippen LogP contribution in [-0.4, -0.2) is 32.3 Å². The second-order valence-electron chi connectivity index (χ2n) is 7.90. The number of hydrogen-bond acceptors (Lipinski definition) is 7. The fraction of sp³-hybridized carbons (Fsp3) is 0.429. The zero-order chi connectivity index (χ0) is 21.4. The molecule has 2 amide bonds. The molecule has 5 rings (SSSR count). The van der Waals surface area contributed by atoms with E-state index in [1.165, 1.54) is 23.1 Å². The zero-order valence-corrected chi connectivity index (χ0v) is 18.6. The number of aromatic nitrogens is 3. The van der Waals surface area contributed by atoms with E-state index < -0.39 is 5.91 Å². The number of carbonyl (C=O) groups excluding carboxylic acids is 2. The van der Waals surface area contributed by atoms with Gasteiger partial charge in [-0.1, -0.05) is 11.8 Å². The standard InChI is InChI=1S/C21H23N5O3S2/c22-18(28)17-14-5-1-2-6-15(14)31-20(17)23-16(27)11-30-21-25-24-19(12-7-8-12)26(21)10-13-4-3-9-29-13/h3-4,9,12H,1-2,5-8,10-11H2,(H2,22,28)(H,23,27). The Hall–Kier alpha value is -2.59. The van der Waals surface area contributed by atoms with Gasteiger partial charge in [-0.25, -0.2) is 0 Å². The number of anilines is 1. The van der Waals surface area contributed by atoms with Gasteiger partial charge in [0.25, 0.3) is 5.91 Å². The number of thioether (sulfide) groups is 1. The molecule has 3 aromatic heterocycles. The van der Waals surface area contributed by atoms with Crippen molar-refractivity contribution in [3.05, 3.63) is 46.0 Å². The summed E-state index contributed by atoms with van der Waals surface area (Å²) in [7, 11) is 0. The van der Waals surface area contributed by atoms with Gasteiger partial charge < -0.3 is 15.5 Å². The van der Waals surface area contributed by atoms with Gasteiger partial charge in [-0.15, -0.1) is 21.5 Å². The molecule has 2 aliphatic rings. The molecule has 0 aliphatic heterocycles. The lowest BCUT2D eigenvalue weighted by molar-refractivity contribution is -0.113. The Morgan fingerprint density at radius 2 is 2.13 bits per heavy atom. The third-order valence-corrected chi connectivity index (χ3v) is 7.76. The first-order chi connectivity index (χ1) is 15.1. The van der Waals surface area contributed by atoms with Crippen LogP contribution in [0.4, 0.5) is 5.00 Å². The number of rotatable bonds is 8. The van der Waals surface area contributed by atoms with Crippen LogP contribution in [-0.2, 0) is 24.2 Å². The highest BCUT2D eigenvalue weighted by molar-refractivity contribution is 7.99. The lowest BCUT2D eigenvalue weighted by atomic mass is 9.95. The molecule has 0 aromatic carbocycles. The molecule has 31 heavy (non-hydrogen) atoms. The minimum Gasteiger partial charge on any atom is -0.467 e. The number of carbonyl (C=O) groups is 2. The summed E-state index contributed by atoms with van der Waals surface area (Å²) in [5, 5.41) is 12.8. The fourth-order valence-electron chi connectivity index (χ4n) is 3.96. The van der Waals surface area contributed by atoms with Crippen molar-refractivity contribution in [2.24, 2.45) is 5.73 Å². The summed E-state index contributed by atoms with van der Waals surface area (Å²) < 4.78 is 7.52. The van der Waals surface area contributed by atoms with Gasteiger partial charge in [-0.3, -0.25) is 14.2 Å². The Morgan fingerprint density at radius 3 is 2.87 bits per heavy atom. The molecule has 0 bridgehead atoms. The number of amides is 2. The van der Waals surface area contributed by atoms with Crippen LogP contribution in [0.15, 0.2) is 28.0 Å². The molecule has 0 atom stereocenters. The van der Waals surface area contributed by atoms with Crippen LogP contribution in [0.2, 0.25) is 0 Å². The molecule has 162 valence electrons. The molecule has 0 unspecified atom stereocenters. The Kier molecular flexibility index (Phi) is 5.58. The first-order valence-corrected chi connectivity index (χ1v) is 12.2. The summed E-state index contributed by atoms with van der Waals surface area (Å²) in [4.78, 5) is 25.9. The largest absolute Gasteiger partial charge is 0.467 e. The summed E-state index contributed by atoms with van der Waals surface area (Å²) in [6.45, 7) is 0.541. The average molecular weight is 458 g/mol. The van der Waals surface area contributed by atoms with Gasteiger partial charge in [0, 0.05) is 10.8 Å². The highest BCUT2D eigenvalue weighted by Gasteiger charge is 2.31. The van der Waals surface area contributed by atoms with Crippen LogP contribution in [0.1, 0.15) is 64.0 Å². The first kappa shape index (κ1) is 20.3. The lowest BCUT2D eigenvalue weighted by Crippen LogP contribution is -2.19. The number of primary amides is 1. The third-order valence-electron chi connectivity index (χ3n) is 5.59. The number of furan rings is 1. The number of aryl methyl sites for hydroxylation is 1. The summed E-state index contributed by atoms with van der Waals surface area (Å²) in [6.07, 6.45) is 7.79. The van der Waals surface area contributed by atoms with Crippen molar-refractivity contribution in [1.82, 2.24) is 14.8 Å². The molecule has 3 heterocycles. The predicted octanol–water partition coefficient (Wildman–Crippen LogP) is 3.57. The maximum atomic E-state index is 12.7. The number of fused-ring (bicyclic) bond motifs is 1. The maximum Gasteiger partial charge on any atom is 0.251 e. The van der Waals surface area contributed by atoms with Crippen LogP contribution in [0.25, 0.3) is 0 Å². The molecule has 0 spiro atoms. The highest BCUT2D eigenvalue weighted by atomic mass is 32.2. The van der Waals surface area contributed by atoms with E-state index in [0.717, 1.165) is 60.6 Å². The van der Waals surface area contributed by atoms with Crippen molar-refractivity contribution in [3.8, 4) is 0 Å². The van der Waals surface area contributed by atoms with Crippen LogP contribution in [0, 0.1) is 0 Å². The summed E-state index contributed by atoms with van der Waals surface area (Å²) in [6, 6.07) is 3.77. The molecule has 0 saturated heterocycles. The third kappa shape index (κ3) is 4.27. The Morgan fingerprint density at radius 1 is 1.29 bits per heavy atom. The molecule has 2 aliphatic carbocycles. The van der Waals surface area contributed by atoms with Crippen molar-refractivity contribution in [2.75, 3.05) is 11.1 Å². The lowest BCUT2D eigenvalue weighted by Gasteiger charge is -2.11. The molecule has 1 fully saturated rings. The number of nitrogens with zero attached hydrogens (tertiary/aromatic N) is 3. The Balaban J connectivity index is 1.29. The van der Waals surface area contributed by atoms with Gasteiger partial charge in [-0.05, 0) is 56.2 Å². The molecule has 3 N–H and O–H groups in total. The first-order valence-electron chi connectivity index (χ1n) is 10.4. The van der Waals surface area contributed by atoms with E-state index in [2.05, 4.69) is 15.5 Å². The van der Waals surface area contributed by atoms with E-state index in [0.29, 0.717) is 28.2 Å². The van der Waals surface area contributed by atoms with Crippen molar-refractivity contribution in [3.63, 3.8) is 0 Å². The molecular formula is C21H23N5O3S2. The predicted molar refractivity (Wildman–Crippen MR) is 119 cm³/mol. The second kappa shape index (κ2) is 8.51. The van der Waals surface area contributed by atoms with E-state index in [4.69, 9.17) is 10.2 Å². The van der Waals surface area contributed by atoms with E-state index in [1.54, 1.807) is 6.26 Å². The molecule has 3 aromatic rings. The zero-order valence-electron chi connectivity index (χ0n) is 16.9. The monoisotopic (exact) mass is 457 g/mol. The quantitative estimate of drug-likeness (QED) is 0.500. The highest BCUT2D eigenvalue weighted by Crippen LogP contribution is 2.40. The van der Waals surface area contributed by atoms with Gasteiger partial charge in [0.1, 0.15) is 16.6 Å². The average Bonchev–Trinajstić information content (AvgIpc) is 3.16. The molecule has 1 saturated carbocycles. The van der Waals surface area contributed by atoms with Gasteiger partial charge in [0.2, 0.25) is 5.91 Å². The molecular weight excluding hydrogens is 434 g/mol. The summed E-state index contributed by atoms with van der Waals surface area (Å²) >= 11 is 2.81. The molecule has 0 radical (unpaired) electrons. The van der Waals surface area contributed by atoms with Gasteiger partial charge in [-0.2, -0.15) is 0 Å². The Bertz CT molecular complexity index is 1110. The minimum atomic E-state index is -0.477. The second-order valence-corrected chi connectivity index (χ2v) is 9.94. The van der Waals surface area contributed by atoms with Gasteiger partial charge >= 0.3 is 0 Å². The van der Waals surface area contributed by atoms with Crippen LogP contribution in [0.3, 0.4) is 0 Å². The number of nitrogens with two attached hydrogens (primary N) is 1. The van der Waals surface area contributed by atoms with Crippen LogP contribution < -0.4 is 11.1 Å². The van der Waals surface area contributed by atoms with Crippen LogP contribution in [0.5, 0.6) is 0 Å². The van der Waals surface area contributed by atoms with E-state index >= 15 is 0 Å². The number of thiophene rings is 1. The normalized spacial score (nSPS) is 15.6. The minimum absolute atomic E-state index is 0.168. The smallest absolute Gasteiger partial charge is 0.251 e. The maximum absolute atomic E-state index is 12.7. The summed E-state index contributed by atoms with van der Waals surface area (Å²) in [5.41, 5.74) is 7.12. The van der Waals surface area contributed by atoms with Crippen molar-refractivity contribution in [2.45, 2.75) is 56.1 Å². The van der Waals surface area contributed by atoms with Gasteiger partial charge in [0.15, 0.2) is 5.16 Å². The van der Waals surface area contributed by atoms with Crippen molar-refractivity contribution in [1.29, 1.82) is 0 Å². The van der Waals surface area contributed by atoms with E-state index in [9.17, 15) is 9.59 Å². The Labute approximate surface area is 187 Å². The van der Waals surface area contributed by atoms with Crippen molar-refractivity contribution < 1.29 is 14.0 Å². The SMILES string of the molecule is NC(=O)c1c(NC(=O)CSc2nnc(C3CC3)n2Cc2ccco2)sc2c1CCCC2.